The van der Waals surface area contributed by atoms with Crippen LogP contribution in [0, 0.1) is 0 Å². The molecule has 19 heavy (non-hydrogen) atoms. The lowest BCUT2D eigenvalue weighted by Crippen LogP contribution is -2.39. The molecular formula is C12H11Cl2NO3S. The summed E-state index contributed by atoms with van der Waals surface area (Å²) < 4.78 is 0.687. The minimum Gasteiger partial charge on any atom is -0.292 e. The van der Waals surface area contributed by atoms with Gasteiger partial charge < -0.3 is 0 Å². The van der Waals surface area contributed by atoms with E-state index < -0.39 is 0 Å². The molecule has 0 bridgehead atoms. The molecule has 1 aliphatic heterocycles. The fraction of sp³-hybridized carbons (Fsp3) is 0.417. The number of amides is 2. The first-order valence-corrected chi connectivity index (χ1v) is 7.37. The highest BCUT2D eigenvalue weighted by atomic mass is 35.5. The quantitative estimate of drug-likeness (QED) is 0.635. The topological polar surface area (TPSA) is 54.5 Å². The molecule has 102 valence electrons. The zero-order valence-electron chi connectivity index (χ0n) is 9.95. The Morgan fingerprint density at radius 2 is 1.79 bits per heavy atom. The zero-order chi connectivity index (χ0) is 14.0. The number of hydrogen-bond donors (Lipinski definition) is 0. The molecule has 4 nitrogen and oxygen atoms in total. The van der Waals surface area contributed by atoms with Crippen molar-refractivity contribution in [3.63, 3.8) is 0 Å². The average Bonchev–Trinajstić information content (AvgIpc) is 2.61. The van der Waals surface area contributed by atoms with Crippen molar-refractivity contribution in [1.29, 1.82) is 0 Å². The summed E-state index contributed by atoms with van der Waals surface area (Å²) in [6, 6.07) is 1.46. The van der Waals surface area contributed by atoms with Crippen molar-refractivity contribution in [2.24, 2.45) is 0 Å². The third-order valence-electron chi connectivity index (χ3n) is 2.89. The lowest BCUT2D eigenvalue weighted by atomic mass is 10.2. The van der Waals surface area contributed by atoms with Crippen LogP contribution >= 0.6 is 34.5 Å². The first-order chi connectivity index (χ1) is 8.99. The summed E-state index contributed by atoms with van der Waals surface area (Å²) in [5.74, 6) is -0.960. The molecule has 0 N–H and O–H groups in total. The number of nitrogens with zero attached hydrogens (tertiary/aromatic N) is 1. The minimum atomic E-state index is -0.364. The van der Waals surface area contributed by atoms with E-state index >= 15 is 0 Å². The molecule has 0 unspecified atom stereocenters. The average molecular weight is 320 g/mol. The Balaban J connectivity index is 2.15. The summed E-state index contributed by atoms with van der Waals surface area (Å²) >= 11 is 12.7. The highest BCUT2D eigenvalue weighted by Gasteiger charge is 2.27. The number of halogens is 2. The van der Waals surface area contributed by atoms with Crippen molar-refractivity contribution in [3.8, 4) is 0 Å². The molecule has 7 heteroatoms. The molecule has 0 atom stereocenters. The molecule has 2 rings (SSSR count). The van der Waals surface area contributed by atoms with Crippen molar-refractivity contribution in [1.82, 2.24) is 4.90 Å². The summed E-state index contributed by atoms with van der Waals surface area (Å²) in [5, 5.41) is 0. The number of ketones is 1. The number of Topliss-reactive ketones (excluding diaryl/α,β-unsaturated/α-hetero) is 1. The Hall–Kier alpha value is -0.910. The lowest BCUT2D eigenvalue weighted by molar-refractivity contribution is -0.143. The zero-order valence-corrected chi connectivity index (χ0v) is 12.3. The largest absolute Gasteiger partial charge is 0.292 e. The molecule has 2 heterocycles. The van der Waals surface area contributed by atoms with Crippen LogP contribution in [0.4, 0.5) is 0 Å². The van der Waals surface area contributed by atoms with Gasteiger partial charge in [0.2, 0.25) is 11.8 Å². The third kappa shape index (κ3) is 3.35. The predicted octanol–water partition coefficient (Wildman–Crippen LogP) is 3.17. The maximum Gasteiger partial charge on any atom is 0.229 e. The fourth-order valence-electron chi connectivity index (χ4n) is 1.90. The van der Waals surface area contributed by atoms with Gasteiger partial charge in [-0.3, -0.25) is 19.3 Å². The number of likely N-dealkylation sites (tertiary alicyclic amines) is 1. The van der Waals surface area contributed by atoms with E-state index in [-0.39, 0.29) is 34.0 Å². The summed E-state index contributed by atoms with van der Waals surface area (Å²) in [7, 11) is 0. The second kappa shape index (κ2) is 6.03. The number of hydrogen-bond acceptors (Lipinski definition) is 4. The Morgan fingerprint density at radius 3 is 2.26 bits per heavy atom. The summed E-state index contributed by atoms with van der Waals surface area (Å²) in [6.07, 6.45) is 1.97. The van der Waals surface area contributed by atoms with Gasteiger partial charge in [-0.25, -0.2) is 0 Å². The smallest absolute Gasteiger partial charge is 0.229 e. The second-order valence-electron chi connectivity index (χ2n) is 4.24. The van der Waals surface area contributed by atoms with Gasteiger partial charge in [-0.15, -0.1) is 11.3 Å². The van der Waals surface area contributed by atoms with Crippen LogP contribution in [0.25, 0.3) is 0 Å². The van der Waals surface area contributed by atoms with Gasteiger partial charge in [0.25, 0.3) is 0 Å². The molecular weight excluding hydrogens is 309 g/mol. The lowest BCUT2D eigenvalue weighted by Gasteiger charge is -2.17. The Morgan fingerprint density at radius 1 is 1.21 bits per heavy atom. The molecule has 1 fully saturated rings. The van der Waals surface area contributed by atoms with E-state index in [2.05, 4.69) is 0 Å². The number of carbonyl (C=O) groups is 3. The highest BCUT2D eigenvalue weighted by molar-refractivity contribution is 7.20. The molecule has 1 saturated heterocycles. The van der Waals surface area contributed by atoms with E-state index in [1.54, 1.807) is 0 Å². The van der Waals surface area contributed by atoms with Crippen molar-refractivity contribution < 1.29 is 14.4 Å². The standard InChI is InChI=1S/C12H11Cl2NO3S/c13-9-5-7(12(14)19-9)8(16)6-15-10(17)3-1-2-4-11(15)18/h5H,1-4,6H2. The molecule has 0 spiro atoms. The van der Waals surface area contributed by atoms with E-state index in [4.69, 9.17) is 23.2 Å². The normalized spacial score (nSPS) is 16.6. The number of carbonyl (C=O) groups excluding carboxylic acids is 3. The molecule has 1 aromatic heterocycles. The van der Waals surface area contributed by atoms with Crippen LogP contribution in [0.2, 0.25) is 8.67 Å². The van der Waals surface area contributed by atoms with Gasteiger partial charge in [-0.05, 0) is 18.9 Å². The van der Waals surface area contributed by atoms with E-state index in [9.17, 15) is 14.4 Å². The van der Waals surface area contributed by atoms with Gasteiger partial charge >= 0.3 is 0 Å². The summed E-state index contributed by atoms with van der Waals surface area (Å²) in [6.45, 7) is -0.259. The van der Waals surface area contributed by atoms with E-state index in [0.29, 0.717) is 30.0 Å². The van der Waals surface area contributed by atoms with E-state index in [1.165, 1.54) is 6.07 Å². The minimum absolute atomic E-state index is 0.259. The van der Waals surface area contributed by atoms with Crippen molar-refractivity contribution >= 4 is 52.1 Å². The van der Waals surface area contributed by atoms with Gasteiger partial charge in [0.1, 0.15) is 4.34 Å². The van der Waals surface area contributed by atoms with Crippen molar-refractivity contribution in [2.75, 3.05) is 6.54 Å². The summed E-state index contributed by atoms with van der Waals surface area (Å²) in [4.78, 5) is 36.6. The highest BCUT2D eigenvalue weighted by Crippen LogP contribution is 2.31. The first kappa shape index (κ1) is 14.5. The van der Waals surface area contributed by atoms with Crippen LogP contribution < -0.4 is 0 Å². The number of thiophene rings is 1. The monoisotopic (exact) mass is 319 g/mol. The number of rotatable bonds is 3. The van der Waals surface area contributed by atoms with Gasteiger partial charge in [-0.1, -0.05) is 23.2 Å². The van der Waals surface area contributed by atoms with E-state index in [0.717, 1.165) is 16.2 Å². The molecule has 2 amide bonds. The van der Waals surface area contributed by atoms with Crippen LogP contribution in [0.15, 0.2) is 6.07 Å². The van der Waals surface area contributed by atoms with Crippen LogP contribution in [0.5, 0.6) is 0 Å². The van der Waals surface area contributed by atoms with Gasteiger partial charge in [0, 0.05) is 12.8 Å². The van der Waals surface area contributed by atoms with Crippen LogP contribution in [-0.2, 0) is 9.59 Å². The van der Waals surface area contributed by atoms with Crippen LogP contribution in [0.3, 0.4) is 0 Å². The summed E-state index contributed by atoms with van der Waals surface area (Å²) in [5.41, 5.74) is 0.265. The first-order valence-electron chi connectivity index (χ1n) is 5.80. The maximum absolute atomic E-state index is 12.1. The fourth-order valence-corrected chi connectivity index (χ4v) is 3.40. The van der Waals surface area contributed by atoms with Crippen LogP contribution in [0.1, 0.15) is 36.0 Å². The Labute approximate surface area is 124 Å². The van der Waals surface area contributed by atoms with Gasteiger partial charge in [-0.2, -0.15) is 0 Å². The van der Waals surface area contributed by atoms with Crippen molar-refractivity contribution in [2.45, 2.75) is 25.7 Å². The van der Waals surface area contributed by atoms with Gasteiger partial charge in [0.05, 0.1) is 16.4 Å². The van der Waals surface area contributed by atoms with E-state index in [1.807, 2.05) is 0 Å². The molecule has 0 radical (unpaired) electrons. The molecule has 0 aromatic carbocycles. The maximum atomic E-state index is 12.1. The Kier molecular flexibility index (Phi) is 4.60. The molecule has 1 aromatic rings. The molecule has 0 aliphatic carbocycles. The SMILES string of the molecule is O=C(CN1C(=O)CCCCC1=O)c1cc(Cl)sc1Cl. The second-order valence-corrected chi connectivity index (χ2v) is 6.53. The predicted molar refractivity (Wildman–Crippen MR) is 73.9 cm³/mol. The molecule has 0 saturated carbocycles. The van der Waals surface area contributed by atoms with Crippen LogP contribution in [-0.4, -0.2) is 29.0 Å². The Bertz CT molecular complexity index is 523. The van der Waals surface area contributed by atoms with Gasteiger partial charge in [0.15, 0.2) is 5.78 Å². The molecule has 1 aliphatic rings. The third-order valence-corrected chi connectivity index (χ3v) is 4.38. The van der Waals surface area contributed by atoms with Crippen molar-refractivity contribution in [3.05, 3.63) is 20.3 Å². The number of imide groups is 1.